The van der Waals surface area contributed by atoms with Gasteiger partial charge in [-0.2, -0.15) is 0 Å². The van der Waals surface area contributed by atoms with Gasteiger partial charge < -0.3 is 15.0 Å². The molecule has 0 bridgehead atoms. The molecule has 1 aromatic heterocycles. The topological polar surface area (TPSA) is 76.1 Å². The van der Waals surface area contributed by atoms with Gasteiger partial charge in [-0.1, -0.05) is 48.5 Å². The second kappa shape index (κ2) is 8.92. The maximum Gasteiger partial charge on any atom is 0.262 e. The van der Waals surface area contributed by atoms with Gasteiger partial charge in [0.05, 0.1) is 17.4 Å². The number of carbonyl (C=O) groups excluding carboxylic acids is 1. The highest BCUT2D eigenvalue weighted by Gasteiger charge is 2.08. The van der Waals surface area contributed by atoms with E-state index < -0.39 is 0 Å². The standard InChI is InChI=1S/C23H21N3O3S/c27-21(12-14-26-22(28)18-9-3-4-10-19(18)25-23(26)30)24-13-15-29-20-11-5-7-16-6-1-2-8-17(16)20/h1-11H,12-15H2,(H,24,27)(H,25,30). The molecule has 0 fully saturated rings. The van der Waals surface area contributed by atoms with E-state index in [0.717, 1.165) is 16.5 Å². The highest BCUT2D eigenvalue weighted by Crippen LogP contribution is 2.24. The summed E-state index contributed by atoms with van der Waals surface area (Å²) in [5.74, 6) is 0.627. The van der Waals surface area contributed by atoms with Gasteiger partial charge in [0, 0.05) is 18.4 Å². The van der Waals surface area contributed by atoms with Crippen LogP contribution in [0, 0.1) is 4.77 Å². The molecular formula is C23H21N3O3S. The van der Waals surface area contributed by atoms with Gasteiger partial charge in [0.25, 0.3) is 5.56 Å². The Morgan fingerprint density at radius 3 is 2.60 bits per heavy atom. The van der Waals surface area contributed by atoms with Crippen molar-refractivity contribution in [2.75, 3.05) is 13.2 Å². The molecule has 4 rings (SSSR count). The summed E-state index contributed by atoms with van der Waals surface area (Å²) in [5, 5.41) is 5.52. The molecular weight excluding hydrogens is 398 g/mol. The summed E-state index contributed by atoms with van der Waals surface area (Å²) in [7, 11) is 0. The van der Waals surface area contributed by atoms with Crippen molar-refractivity contribution in [1.29, 1.82) is 0 Å². The molecule has 30 heavy (non-hydrogen) atoms. The van der Waals surface area contributed by atoms with Crippen LogP contribution in [0.15, 0.2) is 71.5 Å². The first kappa shape index (κ1) is 19.8. The maximum absolute atomic E-state index is 12.6. The SMILES string of the molecule is O=C(CCn1c(=S)[nH]c2ccccc2c1=O)NCCOc1cccc2ccccc12. The van der Waals surface area contributed by atoms with E-state index in [4.69, 9.17) is 17.0 Å². The number of rotatable bonds is 7. The van der Waals surface area contributed by atoms with Crippen LogP contribution in [-0.2, 0) is 11.3 Å². The van der Waals surface area contributed by atoms with Crippen molar-refractivity contribution in [2.24, 2.45) is 0 Å². The Labute approximate surface area is 178 Å². The fraction of sp³-hybridized carbons (Fsp3) is 0.174. The van der Waals surface area contributed by atoms with E-state index in [9.17, 15) is 9.59 Å². The molecule has 1 heterocycles. The Bertz CT molecular complexity index is 1320. The summed E-state index contributed by atoms with van der Waals surface area (Å²) in [6.45, 7) is 0.951. The quantitative estimate of drug-likeness (QED) is 0.353. The lowest BCUT2D eigenvalue weighted by atomic mass is 10.1. The summed E-state index contributed by atoms with van der Waals surface area (Å²) in [6, 6.07) is 21.1. The van der Waals surface area contributed by atoms with E-state index in [0.29, 0.717) is 28.8 Å². The summed E-state index contributed by atoms with van der Waals surface area (Å²) < 4.78 is 7.56. The number of fused-ring (bicyclic) bond motifs is 2. The van der Waals surface area contributed by atoms with E-state index in [1.807, 2.05) is 48.5 Å². The molecule has 0 saturated heterocycles. The summed E-state index contributed by atoms with van der Waals surface area (Å²) in [5.41, 5.74) is 0.500. The lowest BCUT2D eigenvalue weighted by Gasteiger charge is -2.11. The number of carbonyl (C=O) groups is 1. The monoisotopic (exact) mass is 419 g/mol. The fourth-order valence-electron chi connectivity index (χ4n) is 3.38. The van der Waals surface area contributed by atoms with Gasteiger partial charge in [-0.15, -0.1) is 0 Å². The number of aromatic amines is 1. The third kappa shape index (κ3) is 4.26. The fourth-order valence-corrected chi connectivity index (χ4v) is 3.66. The Hall–Kier alpha value is -3.45. The Kier molecular flexibility index (Phi) is 5.90. The summed E-state index contributed by atoms with van der Waals surface area (Å²) in [6.07, 6.45) is 0.157. The molecule has 0 aliphatic rings. The molecule has 3 aromatic carbocycles. The third-order valence-electron chi connectivity index (χ3n) is 4.88. The van der Waals surface area contributed by atoms with Crippen molar-refractivity contribution in [3.8, 4) is 5.75 Å². The van der Waals surface area contributed by atoms with E-state index in [-0.39, 0.29) is 24.4 Å². The van der Waals surface area contributed by atoms with Gasteiger partial charge in [-0.05, 0) is 35.8 Å². The van der Waals surface area contributed by atoms with Crippen LogP contribution in [0.25, 0.3) is 21.7 Å². The zero-order valence-corrected chi connectivity index (χ0v) is 17.1. The molecule has 0 atom stereocenters. The molecule has 0 radical (unpaired) electrons. The number of para-hydroxylation sites is 1. The van der Waals surface area contributed by atoms with E-state index in [1.165, 1.54) is 4.57 Å². The molecule has 4 aromatic rings. The van der Waals surface area contributed by atoms with Crippen molar-refractivity contribution in [2.45, 2.75) is 13.0 Å². The number of aromatic nitrogens is 2. The zero-order chi connectivity index (χ0) is 20.9. The van der Waals surface area contributed by atoms with Crippen LogP contribution in [0.2, 0.25) is 0 Å². The molecule has 2 N–H and O–H groups in total. The van der Waals surface area contributed by atoms with Crippen LogP contribution in [0.3, 0.4) is 0 Å². The van der Waals surface area contributed by atoms with Gasteiger partial charge >= 0.3 is 0 Å². The third-order valence-corrected chi connectivity index (χ3v) is 5.21. The molecule has 0 saturated carbocycles. The van der Waals surface area contributed by atoms with Crippen LogP contribution in [-0.4, -0.2) is 28.6 Å². The molecule has 7 heteroatoms. The van der Waals surface area contributed by atoms with Crippen molar-refractivity contribution >= 4 is 39.8 Å². The van der Waals surface area contributed by atoms with Gasteiger partial charge in [0.1, 0.15) is 12.4 Å². The van der Waals surface area contributed by atoms with Gasteiger partial charge in [0.15, 0.2) is 4.77 Å². The van der Waals surface area contributed by atoms with E-state index >= 15 is 0 Å². The number of hydrogen-bond donors (Lipinski definition) is 2. The van der Waals surface area contributed by atoms with Crippen LogP contribution >= 0.6 is 12.2 Å². The predicted molar refractivity (Wildman–Crippen MR) is 120 cm³/mol. The van der Waals surface area contributed by atoms with Crippen LogP contribution in [0.5, 0.6) is 5.75 Å². The number of hydrogen-bond acceptors (Lipinski definition) is 4. The van der Waals surface area contributed by atoms with Gasteiger partial charge in [-0.3, -0.25) is 14.2 Å². The first-order chi connectivity index (χ1) is 14.6. The Morgan fingerprint density at radius 2 is 1.73 bits per heavy atom. The van der Waals surface area contributed by atoms with Crippen LogP contribution in [0.4, 0.5) is 0 Å². The molecule has 1 amide bonds. The number of ether oxygens (including phenoxy) is 1. The summed E-state index contributed by atoms with van der Waals surface area (Å²) >= 11 is 5.27. The Morgan fingerprint density at radius 1 is 1.00 bits per heavy atom. The number of H-pyrrole nitrogens is 1. The smallest absolute Gasteiger partial charge is 0.262 e. The minimum atomic E-state index is -0.193. The molecule has 6 nitrogen and oxygen atoms in total. The molecule has 0 aliphatic heterocycles. The lowest BCUT2D eigenvalue weighted by Crippen LogP contribution is -2.30. The molecule has 0 aliphatic carbocycles. The highest BCUT2D eigenvalue weighted by atomic mass is 32.1. The normalized spacial score (nSPS) is 10.9. The highest BCUT2D eigenvalue weighted by molar-refractivity contribution is 7.71. The van der Waals surface area contributed by atoms with E-state index in [1.54, 1.807) is 18.2 Å². The minimum absolute atomic E-state index is 0.157. The van der Waals surface area contributed by atoms with Crippen LogP contribution in [0.1, 0.15) is 6.42 Å². The number of benzene rings is 3. The average Bonchev–Trinajstić information content (AvgIpc) is 2.76. The first-order valence-corrected chi connectivity index (χ1v) is 10.1. The average molecular weight is 420 g/mol. The maximum atomic E-state index is 12.6. The molecule has 0 spiro atoms. The van der Waals surface area contributed by atoms with Gasteiger partial charge in [0.2, 0.25) is 5.91 Å². The van der Waals surface area contributed by atoms with Crippen molar-refractivity contribution in [1.82, 2.24) is 14.9 Å². The predicted octanol–water partition coefficient (Wildman–Crippen LogP) is 3.80. The Balaban J connectivity index is 1.31. The lowest BCUT2D eigenvalue weighted by molar-refractivity contribution is -0.121. The molecule has 0 unspecified atom stereocenters. The van der Waals surface area contributed by atoms with Gasteiger partial charge in [-0.25, -0.2) is 0 Å². The summed E-state index contributed by atoms with van der Waals surface area (Å²) in [4.78, 5) is 27.8. The first-order valence-electron chi connectivity index (χ1n) is 9.72. The second-order valence-corrected chi connectivity index (χ2v) is 7.24. The largest absolute Gasteiger partial charge is 0.491 e. The molecule has 152 valence electrons. The second-order valence-electron chi connectivity index (χ2n) is 6.86. The van der Waals surface area contributed by atoms with Crippen LogP contribution < -0.4 is 15.6 Å². The minimum Gasteiger partial charge on any atom is -0.491 e. The van der Waals surface area contributed by atoms with E-state index in [2.05, 4.69) is 10.3 Å². The van der Waals surface area contributed by atoms with Crippen molar-refractivity contribution in [3.05, 3.63) is 81.9 Å². The zero-order valence-electron chi connectivity index (χ0n) is 16.3. The number of nitrogens with one attached hydrogen (secondary N) is 2. The van der Waals surface area contributed by atoms with Crippen molar-refractivity contribution in [3.63, 3.8) is 0 Å². The number of nitrogens with zero attached hydrogens (tertiary/aromatic N) is 1. The van der Waals surface area contributed by atoms with Crippen molar-refractivity contribution < 1.29 is 9.53 Å². The number of amides is 1.